The van der Waals surface area contributed by atoms with Gasteiger partial charge < -0.3 is 26.2 Å². The molecule has 15 heteroatoms. The summed E-state index contributed by atoms with van der Waals surface area (Å²) >= 11 is 2.66. The molecule has 0 amide bonds. The van der Waals surface area contributed by atoms with Crippen molar-refractivity contribution in [3.8, 4) is 0 Å². The van der Waals surface area contributed by atoms with Gasteiger partial charge in [0, 0.05) is 48.8 Å². The highest BCUT2D eigenvalue weighted by atomic mass is 32.2. The Bertz CT molecular complexity index is 1990. The number of carboxylic acids is 1. The van der Waals surface area contributed by atoms with Crippen LogP contribution in [0.5, 0.6) is 0 Å². The summed E-state index contributed by atoms with van der Waals surface area (Å²) < 4.78 is 5.22. The highest BCUT2D eigenvalue weighted by Crippen LogP contribution is 2.53. The predicted molar refractivity (Wildman–Crippen MR) is 218 cm³/mol. The second kappa shape index (κ2) is 16.8. The van der Waals surface area contributed by atoms with Crippen LogP contribution >= 0.6 is 23.3 Å². The summed E-state index contributed by atoms with van der Waals surface area (Å²) in [4.78, 5) is 26.7. The third kappa shape index (κ3) is 9.17. The Kier molecular flexibility index (Phi) is 12.2. The Hall–Kier alpha value is -4.63. The van der Waals surface area contributed by atoms with Gasteiger partial charge in [-0.25, -0.2) is 15.0 Å². The zero-order chi connectivity index (χ0) is 38.6. The number of carboxylic acid groups (broad SMARTS) is 1. The van der Waals surface area contributed by atoms with Gasteiger partial charge in [-0.05, 0) is 118 Å². The topological polar surface area (TPSA) is 191 Å². The molecule has 7 N–H and O–H groups in total. The molecule has 0 radical (unpaired) electrons. The predicted octanol–water partition coefficient (Wildman–Crippen LogP) is 7.64. The number of aliphatic carboxylic acids is 1. The van der Waals surface area contributed by atoms with E-state index in [4.69, 9.17) is 21.3 Å². The van der Waals surface area contributed by atoms with Crippen LogP contribution in [0.1, 0.15) is 83.4 Å². The SMILES string of the molecule is CC(=C/C(=N)N(C)C1=CC=C(c2cnn(CC34CC(C)CC(CC(C)C3)C4)c2C)/C(=C(/O)NSCCCCC(=O)O)N1)/C(N)=N/c1nc2cccnc2s1. The first-order valence-corrected chi connectivity index (χ1v) is 20.4. The molecule has 2 bridgehead atoms. The number of fused-ring (bicyclic) bond motifs is 3. The summed E-state index contributed by atoms with van der Waals surface area (Å²) in [6.45, 7) is 9.58. The Balaban J connectivity index is 1.24. The standard InChI is InChI=1S/C39H52N10O3S2/c1-23-15-27-16-24(2)19-39(18-23,20-27)22-49-26(4)29(21-43-49)28-11-12-32(45-34(28)36(52)47-53-14-7-6-10-33(50)51)48(5)31(40)17-25(3)35(41)46-38-44-30-9-8-13-42-37(30)54-38/h8-9,11-13,17,21,23-24,27,40,45,47,52H,6-7,10,14-16,18-20,22H2,1-5H3,(H,50,51)(H2,41,44,46)/b25-17-,36-34-,40-31?. The van der Waals surface area contributed by atoms with E-state index in [2.05, 4.69) is 50.5 Å². The van der Waals surface area contributed by atoms with Gasteiger partial charge in [-0.2, -0.15) is 5.10 Å². The van der Waals surface area contributed by atoms with Crippen LogP contribution in [0, 0.1) is 35.5 Å². The van der Waals surface area contributed by atoms with Gasteiger partial charge in [0.2, 0.25) is 11.0 Å². The first-order valence-electron chi connectivity index (χ1n) is 18.6. The fourth-order valence-corrected chi connectivity index (χ4v) is 9.99. The summed E-state index contributed by atoms with van der Waals surface area (Å²) in [5.74, 6) is 2.92. The quantitative estimate of drug-likeness (QED) is 0.0310. The lowest BCUT2D eigenvalue weighted by molar-refractivity contribution is -0.137. The molecule has 0 aromatic carbocycles. The van der Waals surface area contributed by atoms with E-state index >= 15 is 0 Å². The van der Waals surface area contributed by atoms with Gasteiger partial charge in [0.05, 0.1) is 6.20 Å². The number of pyridine rings is 1. The molecule has 3 aromatic heterocycles. The maximum atomic E-state index is 11.5. The van der Waals surface area contributed by atoms with Crippen LogP contribution < -0.4 is 15.8 Å². The Morgan fingerprint density at radius 2 is 2.00 bits per heavy atom. The average Bonchev–Trinajstić information content (AvgIpc) is 3.69. The van der Waals surface area contributed by atoms with E-state index in [1.54, 1.807) is 31.1 Å². The fourth-order valence-electron chi connectivity index (χ4n) is 8.50. The Morgan fingerprint density at radius 1 is 1.24 bits per heavy atom. The molecule has 4 heterocycles. The van der Waals surface area contributed by atoms with Crippen LogP contribution in [0.15, 0.2) is 70.7 Å². The number of aromatic nitrogens is 4. The van der Waals surface area contributed by atoms with Crippen molar-refractivity contribution in [2.24, 2.45) is 33.9 Å². The van der Waals surface area contributed by atoms with E-state index < -0.39 is 5.97 Å². The van der Waals surface area contributed by atoms with E-state index in [9.17, 15) is 9.90 Å². The van der Waals surface area contributed by atoms with Gasteiger partial charge in [0.25, 0.3) is 0 Å². The summed E-state index contributed by atoms with van der Waals surface area (Å²) in [5, 5.41) is 38.2. The number of allylic oxidation sites excluding steroid dienone is 3. The monoisotopic (exact) mass is 772 g/mol. The number of nitrogens with one attached hydrogen (secondary N) is 3. The third-order valence-electron chi connectivity index (χ3n) is 10.7. The van der Waals surface area contributed by atoms with E-state index in [0.717, 1.165) is 39.6 Å². The molecule has 2 unspecified atom stereocenters. The van der Waals surface area contributed by atoms with Gasteiger partial charge in [0.15, 0.2) is 0 Å². The number of carbonyl (C=O) groups is 1. The minimum atomic E-state index is -0.815. The number of nitrogens with zero attached hydrogens (tertiary/aromatic N) is 6. The Labute approximate surface area is 325 Å². The van der Waals surface area contributed by atoms with E-state index in [1.807, 2.05) is 30.5 Å². The second-order valence-electron chi connectivity index (χ2n) is 15.3. The first-order chi connectivity index (χ1) is 25.8. The number of hydrogen-bond donors (Lipinski definition) is 6. The lowest BCUT2D eigenvalue weighted by Crippen LogP contribution is -2.42. The number of nitrogens with two attached hydrogens (primary N) is 1. The average molecular weight is 773 g/mol. The van der Waals surface area contributed by atoms with E-state index in [0.29, 0.717) is 52.7 Å². The minimum absolute atomic E-state index is 0.0702. The van der Waals surface area contributed by atoms with Crippen LogP contribution in [0.3, 0.4) is 0 Å². The van der Waals surface area contributed by atoms with Crippen LogP contribution in [0.25, 0.3) is 15.9 Å². The van der Waals surface area contributed by atoms with Crippen molar-refractivity contribution in [2.45, 2.75) is 85.6 Å². The molecule has 0 spiro atoms. The van der Waals surface area contributed by atoms with Crippen LogP contribution in [0.2, 0.25) is 0 Å². The number of aliphatic imine (C=N–C) groups is 1. The van der Waals surface area contributed by atoms with Crippen LogP contribution in [-0.2, 0) is 11.3 Å². The lowest BCUT2D eigenvalue weighted by Gasteiger charge is -2.50. The molecule has 3 aromatic rings. The van der Waals surface area contributed by atoms with Crippen LogP contribution in [-0.4, -0.2) is 65.3 Å². The molecule has 2 aliphatic carbocycles. The molecule has 13 nitrogen and oxygen atoms in total. The first kappa shape index (κ1) is 39.1. The Morgan fingerprint density at radius 3 is 2.72 bits per heavy atom. The summed E-state index contributed by atoms with van der Waals surface area (Å²) in [6.07, 6.45) is 16.8. The summed E-state index contributed by atoms with van der Waals surface area (Å²) in [5.41, 5.74) is 11.1. The molecule has 0 saturated heterocycles. The number of unbranched alkanes of at least 4 members (excludes halogenated alkanes) is 1. The van der Waals surface area contributed by atoms with Crippen molar-refractivity contribution in [3.63, 3.8) is 0 Å². The number of rotatable bonds is 14. The summed E-state index contributed by atoms with van der Waals surface area (Å²) in [6, 6.07) is 3.70. The molecule has 2 atom stereocenters. The van der Waals surface area contributed by atoms with Crippen molar-refractivity contribution in [1.82, 2.24) is 34.7 Å². The van der Waals surface area contributed by atoms with Crippen molar-refractivity contribution in [2.75, 3.05) is 12.8 Å². The molecule has 6 rings (SSSR count). The number of thiazole rings is 1. The van der Waals surface area contributed by atoms with Crippen molar-refractivity contribution in [3.05, 3.63) is 77.0 Å². The van der Waals surface area contributed by atoms with Gasteiger partial charge in [-0.1, -0.05) is 37.1 Å². The molecule has 3 aliphatic rings. The van der Waals surface area contributed by atoms with E-state index in [-0.39, 0.29) is 29.4 Å². The number of aliphatic hydroxyl groups excluding tert-OH is 1. The highest BCUT2D eigenvalue weighted by molar-refractivity contribution is 7.97. The normalized spacial score (nSPS) is 24.1. The van der Waals surface area contributed by atoms with Crippen molar-refractivity contribution >= 4 is 62.0 Å². The van der Waals surface area contributed by atoms with Gasteiger partial charge in [-0.3, -0.25) is 19.6 Å². The molecule has 2 fully saturated rings. The van der Waals surface area contributed by atoms with Crippen molar-refractivity contribution in [1.29, 1.82) is 5.41 Å². The summed E-state index contributed by atoms with van der Waals surface area (Å²) in [7, 11) is 1.77. The van der Waals surface area contributed by atoms with Gasteiger partial charge in [0.1, 0.15) is 33.5 Å². The number of amidine groups is 2. The van der Waals surface area contributed by atoms with E-state index in [1.165, 1.54) is 55.4 Å². The molecule has 2 saturated carbocycles. The van der Waals surface area contributed by atoms with Gasteiger partial charge >= 0.3 is 5.97 Å². The largest absolute Gasteiger partial charge is 0.493 e. The van der Waals surface area contributed by atoms with Crippen molar-refractivity contribution < 1.29 is 15.0 Å². The molecule has 54 heavy (non-hydrogen) atoms. The maximum Gasteiger partial charge on any atom is 0.303 e. The van der Waals surface area contributed by atoms with Gasteiger partial charge in [-0.15, -0.1) is 0 Å². The highest BCUT2D eigenvalue weighted by Gasteiger charge is 2.44. The third-order valence-corrected chi connectivity index (χ3v) is 12.4. The number of hydrogen-bond acceptors (Lipinski definition) is 11. The molecule has 288 valence electrons. The fraction of sp³-hybridized carbons (Fsp3) is 0.487. The molecule has 1 aliphatic heterocycles. The molecular weight excluding hydrogens is 721 g/mol. The number of aliphatic hydroxyl groups is 1. The molecular formula is C39H52N10O3S2. The smallest absolute Gasteiger partial charge is 0.303 e. The van der Waals surface area contributed by atoms with Crippen LogP contribution in [0.4, 0.5) is 5.13 Å². The number of likely N-dealkylation sites (N-methyl/N-ethyl adjacent to an activating group) is 1. The zero-order valence-corrected chi connectivity index (χ0v) is 33.4. The lowest BCUT2D eigenvalue weighted by atomic mass is 9.57. The number of dihydropyridines is 1. The second-order valence-corrected chi connectivity index (χ2v) is 17.2. The maximum absolute atomic E-state index is 11.5. The zero-order valence-electron chi connectivity index (χ0n) is 31.7. The minimum Gasteiger partial charge on any atom is -0.493 e.